The van der Waals surface area contributed by atoms with Gasteiger partial charge in [0, 0.05) is 38.9 Å². The Kier molecular flexibility index (Phi) is 7.08. The first-order valence-corrected chi connectivity index (χ1v) is 9.55. The Labute approximate surface area is 166 Å². The average molecular weight is 384 g/mol. The summed E-state index contributed by atoms with van der Waals surface area (Å²) in [6.45, 7) is 4.65. The fraction of sp³-hybridized carbons (Fsp3) is 0.429. The molecule has 7 heteroatoms. The van der Waals surface area contributed by atoms with Crippen LogP contribution in [0.2, 0.25) is 0 Å². The number of hydrogen-bond donors (Lipinski definition) is 1. The molecular weight excluding hydrogens is 356 g/mol. The Hall–Kier alpha value is -2.80. The Morgan fingerprint density at radius 3 is 2.54 bits per heavy atom. The van der Waals surface area contributed by atoms with E-state index in [1.54, 1.807) is 20.4 Å². The van der Waals surface area contributed by atoms with Crippen LogP contribution in [0.5, 0.6) is 11.5 Å². The number of methoxy groups -OCH3 is 2. The van der Waals surface area contributed by atoms with E-state index in [1.807, 2.05) is 35.2 Å². The molecule has 2 aromatic rings. The summed E-state index contributed by atoms with van der Waals surface area (Å²) in [5, 5.41) is 2.95. The smallest absolute Gasteiger partial charge is 0.317 e. The number of rotatable bonds is 7. The van der Waals surface area contributed by atoms with Crippen molar-refractivity contribution in [3.05, 3.63) is 53.9 Å². The van der Waals surface area contributed by atoms with Gasteiger partial charge in [-0.05, 0) is 36.2 Å². The number of piperazine rings is 1. The minimum Gasteiger partial charge on any atom is -0.493 e. The molecule has 1 fully saturated rings. The summed E-state index contributed by atoms with van der Waals surface area (Å²) in [6.07, 6.45) is 2.67. The topological polar surface area (TPSA) is 66.9 Å². The van der Waals surface area contributed by atoms with Crippen LogP contribution >= 0.6 is 0 Å². The number of benzene rings is 1. The van der Waals surface area contributed by atoms with Gasteiger partial charge in [-0.2, -0.15) is 0 Å². The second-order valence-corrected chi connectivity index (χ2v) is 6.75. The number of carbonyl (C=O) groups excluding carboxylic acids is 1. The van der Waals surface area contributed by atoms with E-state index in [-0.39, 0.29) is 6.03 Å². The van der Waals surface area contributed by atoms with E-state index in [4.69, 9.17) is 9.47 Å². The van der Waals surface area contributed by atoms with Gasteiger partial charge in [0.05, 0.1) is 26.5 Å². The van der Waals surface area contributed by atoms with Crippen LogP contribution in [0.15, 0.2) is 42.6 Å². The van der Waals surface area contributed by atoms with Crippen molar-refractivity contribution in [1.29, 1.82) is 0 Å². The lowest BCUT2D eigenvalue weighted by molar-refractivity contribution is 0.140. The summed E-state index contributed by atoms with van der Waals surface area (Å²) >= 11 is 0. The molecule has 2 heterocycles. The molecule has 0 spiro atoms. The normalized spacial score (nSPS) is 14.6. The molecule has 3 rings (SSSR count). The predicted octanol–water partition coefficient (Wildman–Crippen LogP) is 2.17. The van der Waals surface area contributed by atoms with E-state index in [2.05, 4.69) is 21.3 Å². The highest BCUT2D eigenvalue weighted by atomic mass is 16.5. The average Bonchev–Trinajstić information content (AvgIpc) is 2.76. The van der Waals surface area contributed by atoms with Crippen molar-refractivity contribution in [2.75, 3.05) is 46.9 Å². The van der Waals surface area contributed by atoms with E-state index < -0.39 is 0 Å². The quantitative estimate of drug-likeness (QED) is 0.793. The molecule has 1 aromatic heterocycles. The van der Waals surface area contributed by atoms with Crippen LogP contribution < -0.4 is 14.8 Å². The highest BCUT2D eigenvalue weighted by Gasteiger charge is 2.20. The lowest BCUT2D eigenvalue weighted by atomic mass is 10.1. The number of urea groups is 1. The van der Waals surface area contributed by atoms with Crippen molar-refractivity contribution < 1.29 is 14.3 Å². The molecule has 1 aliphatic rings. The number of amides is 2. The van der Waals surface area contributed by atoms with Gasteiger partial charge < -0.3 is 19.7 Å². The SMILES string of the molecule is COc1ccc(CCN2CCN(C(=O)NCc3ccccn3)CC2)cc1OC. The first kappa shape index (κ1) is 19.9. The van der Waals surface area contributed by atoms with E-state index in [0.29, 0.717) is 6.54 Å². The number of nitrogens with one attached hydrogen (secondary N) is 1. The molecule has 0 radical (unpaired) electrons. The molecule has 0 atom stereocenters. The highest BCUT2D eigenvalue weighted by molar-refractivity contribution is 5.74. The molecule has 28 heavy (non-hydrogen) atoms. The van der Waals surface area contributed by atoms with E-state index >= 15 is 0 Å². The molecule has 1 aromatic carbocycles. The standard InChI is InChI=1S/C21H28N4O3/c1-27-19-7-6-17(15-20(19)28-2)8-10-24-11-13-25(14-12-24)21(26)23-16-18-5-3-4-9-22-18/h3-7,9,15H,8,10-14,16H2,1-2H3,(H,23,26). The number of hydrogen-bond acceptors (Lipinski definition) is 5. The maximum absolute atomic E-state index is 12.3. The first-order chi connectivity index (χ1) is 13.7. The molecule has 1 N–H and O–H groups in total. The van der Waals surface area contributed by atoms with Gasteiger partial charge in [-0.1, -0.05) is 12.1 Å². The number of nitrogens with zero attached hydrogens (tertiary/aromatic N) is 3. The van der Waals surface area contributed by atoms with E-state index in [1.165, 1.54) is 5.56 Å². The zero-order valence-electron chi connectivity index (χ0n) is 16.6. The first-order valence-electron chi connectivity index (χ1n) is 9.55. The van der Waals surface area contributed by atoms with Crippen molar-refractivity contribution in [2.45, 2.75) is 13.0 Å². The maximum atomic E-state index is 12.3. The second kappa shape index (κ2) is 9.94. The maximum Gasteiger partial charge on any atom is 0.317 e. The minimum atomic E-state index is -0.0230. The van der Waals surface area contributed by atoms with Crippen LogP contribution in [-0.4, -0.2) is 67.8 Å². The summed E-state index contributed by atoms with van der Waals surface area (Å²) in [6, 6.07) is 11.7. The highest BCUT2D eigenvalue weighted by Crippen LogP contribution is 2.27. The summed E-state index contributed by atoms with van der Waals surface area (Å²) < 4.78 is 10.7. The van der Waals surface area contributed by atoms with Crippen molar-refractivity contribution in [2.24, 2.45) is 0 Å². The zero-order valence-corrected chi connectivity index (χ0v) is 16.6. The molecule has 2 amide bonds. The molecule has 1 aliphatic heterocycles. The van der Waals surface area contributed by atoms with Gasteiger partial charge in [-0.25, -0.2) is 4.79 Å². The summed E-state index contributed by atoms with van der Waals surface area (Å²) in [7, 11) is 3.29. The van der Waals surface area contributed by atoms with Gasteiger partial charge in [0.15, 0.2) is 11.5 Å². The molecule has 1 saturated heterocycles. The third kappa shape index (κ3) is 5.36. The van der Waals surface area contributed by atoms with Gasteiger partial charge in [-0.15, -0.1) is 0 Å². The summed E-state index contributed by atoms with van der Waals surface area (Å²) in [5.41, 5.74) is 2.08. The second-order valence-electron chi connectivity index (χ2n) is 6.75. The Morgan fingerprint density at radius 1 is 1.07 bits per heavy atom. The summed E-state index contributed by atoms with van der Waals surface area (Å²) in [5.74, 6) is 1.51. The van der Waals surface area contributed by atoms with Gasteiger partial charge in [0.1, 0.15) is 0 Å². The zero-order chi connectivity index (χ0) is 19.8. The molecule has 0 unspecified atom stereocenters. The molecule has 0 bridgehead atoms. The lowest BCUT2D eigenvalue weighted by Crippen LogP contribution is -2.51. The van der Waals surface area contributed by atoms with Crippen LogP contribution in [0.1, 0.15) is 11.3 Å². The fourth-order valence-corrected chi connectivity index (χ4v) is 3.28. The van der Waals surface area contributed by atoms with Crippen LogP contribution in [-0.2, 0) is 13.0 Å². The van der Waals surface area contributed by atoms with Gasteiger partial charge in [0.25, 0.3) is 0 Å². The Balaban J connectivity index is 1.41. The fourth-order valence-electron chi connectivity index (χ4n) is 3.28. The summed E-state index contributed by atoms with van der Waals surface area (Å²) in [4.78, 5) is 20.8. The van der Waals surface area contributed by atoms with Crippen LogP contribution in [0.4, 0.5) is 4.79 Å². The molecular formula is C21H28N4O3. The van der Waals surface area contributed by atoms with Gasteiger partial charge in [-0.3, -0.25) is 9.88 Å². The molecule has 0 aliphatic carbocycles. The van der Waals surface area contributed by atoms with Crippen LogP contribution in [0.3, 0.4) is 0 Å². The third-order valence-electron chi connectivity index (χ3n) is 4.97. The minimum absolute atomic E-state index is 0.0230. The Morgan fingerprint density at radius 2 is 1.86 bits per heavy atom. The predicted molar refractivity (Wildman–Crippen MR) is 108 cm³/mol. The number of ether oxygens (including phenoxy) is 2. The van der Waals surface area contributed by atoms with Crippen molar-refractivity contribution in [3.63, 3.8) is 0 Å². The molecule has 7 nitrogen and oxygen atoms in total. The van der Waals surface area contributed by atoms with E-state index in [0.717, 1.165) is 56.3 Å². The van der Waals surface area contributed by atoms with Crippen molar-refractivity contribution in [1.82, 2.24) is 20.1 Å². The number of aromatic nitrogens is 1. The van der Waals surface area contributed by atoms with Crippen molar-refractivity contribution >= 4 is 6.03 Å². The molecule has 150 valence electrons. The largest absolute Gasteiger partial charge is 0.493 e. The van der Waals surface area contributed by atoms with E-state index in [9.17, 15) is 4.79 Å². The number of carbonyl (C=O) groups is 1. The Bertz CT molecular complexity index is 762. The number of pyridine rings is 1. The van der Waals surface area contributed by atoms with Gasteiger partial charge >= 0.3 is 6.03 Å². The van der Waals surface area contributed by atoms with Crippen LogP contribution in [0.25, 0.3) is 0 Å². The molecule has 0 saturated carbocycles. The van der Waals surface area contributed by atoms with Crippen molar-refractivity contribution in [3.8, 4) is 11.5 Å². The third-order valence-corrected chi connectivity index (χ3v) is 4.97. The monoisotopic (exact) mass is 384 g/mol. The van der Waals surface area contributed by atoms with Crippen LogP contribution in [0, 0.1) is 0 Å². The lowest BCUT2D eigenvalue weighted by Gasteiger charge is -2.34. The van der Waals surface area contributed by atoms with Gasteiger partial charge in [0.2, 0.25) is 0 Å².